The zero-order valence-electron chi connectivity index (χ0n) is 14.0. The van der Waals surface area contributed by atoms with E-state index < -0.39 is 10.0 Å². The number of unbranched alkanes of at least 4 members (excludes halogenated alkanes) is 2. The third-order valence-corrected chi connectivity index (χ3v) is 6.16. The van der Waals surface area contributed by atoms with Gasteiger partial charge in [0.15, 0.2) is 0 Å². The topological polar surface area (TPSA) is 37.4 Å². The molecule has 0 atom stereocenters. The predicted octanol–water partition coefficient (Wildman–Crippen LogP) is 4.36. The lowest BCUT2D eigenvalue weighted by molar-refractivity contribution is 0.215. The molecule has 0 saturated heterocycles. The van der Waals surface area contributed by atoms with Crippen molar-refractivity contribution in [3.8, 4) is 0 Å². The predicted molar refractivity (Wildman–Crippen MR) is 89.0 cm³/mol. The molecular formula is C17H29NO2S. The van der Waals surface area contributed by atoms with Gasteiger partial charge in [-0.1, -0.05) is 50.8 Å². The minimum Gasteiger partial charge on any atom is -0.207 e. The molecule has 1 aromatic carbocycles. The molecule has 0 unspecified atom stereocenters. The van der Waals surface area contributed by atoms with Gasteiger partial charge in [-0.05, 0) is 39.3 Å². The quantitative estimate of drug-likeness (QED) is 0.669. The molecule has 0 fully saturated rings. The molecule has 0 amide bonds. The molecule has 3 nitrogen and oxygen atoms in total. The smallest absolute Gasteiger partial charge is 0.207 e. The van der Waals surface area contributed by atoms with Crippen molar-refractivity contribution in [2.45, 2.75) is 70.7 Å². The van der Waals surface area contributed by atoms with Crippen molar-refractivity contribution in [2.24, 2.45) is 0 Å². The molecule has 0 N–H and O–H groups in total. The Hall–Kier alpha value is -0.870. The molecule has 1 rings (SSSR count). The number of sulfonamides is 1. The SMILES string of the molecule is CCCCCC(C)(C)N(CC)S(=O)(=O)c1ccc(C)cc1. The van der Waals surface area contributed by atoms with Crippen LogP contribution in [0, 0.1) is 6.92 Å². The fourth-order valence-corrected chi connectivity index (χ4v) is 4.51. The van der Waals surface area contributed by atoms with E-state index in [0.717, 1.165) is 31.2 Å². The van der Waals surface area contributed by atoms with Gasteiger partial charge in [-0.3, -0.25) is 0 Å². The summed E-state index contributed by atoms with van der Waals surface area (Å²) in [6, 6.07) is 7.11. The standard InChI is InChI=1S/C17H29NO2S/c1-6-8-9-14-17(4,5)18(7-2)21(19,20)16-12-10-15(3)11-13-16/h10-13H,6-9,14H2,1-5H3. The van der Waals surface area contributed by atoms with E-state index in [9.17, 15) is 8.42 Å². The first-order valence-corrected chi connectivity index (χ1v) is 9.29. The first-order valence-electron chi connectivity index (χ1n) is 7.85. The molecule has 0 aliphatic rings. The van der Waals surface area contributed by atoms with Gasteiger partial charge in [0.1, 0.15) is 0 Å². The second-order valence-electron chi connectivity index (χ2n) is 6.25. The molecule has 1 aromatic rings. The van der Waals surface area contributed by atoms with Crippen LogP contribution in [0.3, 0.4) is 0 Å². The second kappa shape index (κ2) is 7.41. The van der Waals surface area contributed by atoms with Crippen molar-refractivity contribution in [3.05, 3.63) is 29.8 Å². The summed E-state index contributed by atoms with van der Waals surface area (Å²) in [6.07, 6.45) is 4.24. The normalized spacial score (nSPS) is 12.9. The Balaban J connectivity index is 3.04. The Morgan fingerprint density at radius 1 is 1.05 bits per heavy atom. The van der Waals surface area contributed by atoms with Crippen LogP contribution in [0.25, 0.3) is 0 Å². The first kappa shape index (κ1) is 18.2. The molecule has 0 aliphatic carbocycles. The minimum atomic E-state index is -3.43. The summed E-state index contributed by atoms with van der Waals surface area (Å²) < 4.78 is 27.4. The molecule has 0 aliphatic heterocycles. The van der Waals surface area contributed by atoms with E-state index >= 15 is 0 Å². The van der Waals surface area contributed by atoms with Crippen LogP contribution in [0.15, 0.2) is 29.2 Å². The average Bonchev–Trinajstić information content (AvgIpc) is 2.39. The van der Waals surface area contributed by atoms with Crippen molar-refractivity contribution < 1.29 is 8.42 Å². The molecular weight excluding hydrogens is 282 g/mol. The molecule has 0 heterocycles. The van der Waals surface area contributed by atoms with E-state index in [2.05, 4.69) is 6.92 Å². The maximum atomic E-state index is 12.9. The van der Waals surface area contributed by atoms with Crippen LogP contribution < -0.4 is 0 Å². The largest absolute Gasteiger partial charge is 0.243 e. The van der Waals surface area contributed by atoms with Gasteiger partial charge in [-0.2, -0.15) is 4.31 Å². The minimum absolute atomic E-state index is 0.354. The van der Waals surface area contributed by atoms with E-state index in [0.29, 0.717) is 11.4 Å². The number of rotatable bonds is 8. The summed E-state index contributed by atoms with van der Waals surface area (Å²) in [5, 5.41) is 0. The number of nitrogens with zero attached hydrogens (tertiary/aromatic N) is 1. The van der Waals surface area contributed by atoms with Crippen molar-refractivity contribution >= 4 is 10.0 Å². The Labute approximate surface area is 130 Å². The van der Waals surface area contributed by atoms with Gasteiger partial charge in [0, 0.05) is 12.1 Å². The number of benzene rings is 1. The molecule has 4 heteroatoms. The fourth-order valence-electron chi connectivity index (χ4n) is 2.69. The van der Waals surface area contributed by atoms with E-state index in [1.807, 2.05) is 39.8 Å². The lowest BCUT2D eigenvalue weighted by Gasteiger charge is -2.37. The van der Waals surface area contributed by atoms with Gasteiger partial charge in [-0.15, -0.1) is 0 Å². The molecule has 0 bridgehead atoms. The van der Waals surface area contributed by atoms with Crippen LogP contribution in [0.1, 0.15) is 58.9 Å². The second-order valence-corrected chi connectivity index (χ2v) is 8.11. The van der Waals surface area contributed by atoms with Crippen molar-refractivity contribution in [1.82, 2.24) is 4.31 Å². The molecule has 0 spiro atoms. The van der Waals surface area contributed by atoms with Gasteiger partial charge in [0.2, 0.25) is 10.0 Å². The van der Waals surface area contributed by atoms with Crippen LogP contribution in [-0.2, 0) is 10.0 Å². The Morgan fingerprint density at radius 2 is 1.62 bits per heavy atom. The average molecular weight is 311 g/mol. The number of hydrogen-bond acceptors (Lipinski definition) is 2. The number of aryl methyl sites for hydroxylation is 1. The zero-order valence-corrected chi connectivity index (χ0v) is 14.8. The summed E-state index contributed by atoms with van der Waals surface area (Å²) >= 11 is 0. The lowest BCUT2D eigenvalue weighted by atomic mass is 9.97. The summed E-state index contributed by atoms with van der Waals surface area (Å²) in [5.41, 5.74) is 0.715. The van der Waals surface area contributed by atoms with Crippen molar-refractivity contribution in [3.63, 3.8) is 0 Å². The third kappa shape index (κ3) is 4.55. The van der Waals surface area contributed by atoms with Crippen LogP contribution in [-0.4, -0.2) is 24.8 Å². The Kier molecular flexibility index (Phi) is 6.41. The lowest BCUT2D eigenvalue weighted by Crippen LogP contribution is -2.47. The zero-order chi connectivity index (χ0) is 16.1. The highest BCUT2D eigenvalue weighted by Gasteiger charge is 2.35. The molecule has 0 radical (unpaired) electrons. The molecule has 0 saturated carbocycles. The highest BCUT2D eigenvalue weighted by molar-refractivity contribution is 7.89. The van der Waals surface area contributed by atoms with Crippen LogP contribution >= 0.6 is 0 Å². The fraction of sp³-hybridized carbons (Fsp3) is 0.647. The van der Waals surface area contributed by atoms with E-state index in [1.54, 1.807) is 16.4 Å². The third-order valence-electron chi connectivity index (χ3n) is 3.96. The highest BCUT2D eigenvalue weighted by atomic mass is 32.2. The molecule has 0 aromatic heterocycles. The number of hydrogen-bond donors (Lipinski definition) is 0. The van der Waals surface area contributed by atoms with E-state index in [4.69, 9.17) is 0 Å². The van der Waals surface area contributed by atoms with E-state index in [-0.39, 0.29) is 5.54 Å². The van der Waals surface area contributed by atoms with Gasteiger partial charge >= 0.3 is 0 Å². The van der Waals surface area contributed by atoms with Gasteiger partial charge in [0.25, 0.3) is 0 Å². The van der Waals surface area contributed by atoms with Crippen molar-refractivity contribution in [2.75, 3.05) is 6.54 Å². The monoisotopic (exact) mass is 311 g/mol. The van der Waals surface area contributed by atoms with Crippen LogP contribution in [0.2, 0.25) is 0 Å². The molecule has 120 valence electrons. The summed E-state index contributed by atoms with van der Waals surface area (Å²) in [6.45, 7) is 10.6. The maximum absolute atomic E-state index is 12.9. The van der Waals surface area contributed by atoms with Gasteiger partial charge < -0.3 is 0 Å². The summed E-state index contributed by atoms with van der Waals surface area (Å²) in [5.74, 6) is 0. The van der Waals surface area contributed by atoms with Crippen LogP contribution in [0.5, 0.6) is 0 Å². The Morgan fingerprint density at radius 3 is 2.10 bits per heavy atom. The maximum Gasteiger partial charge on any atom is 0.243 e. The van der Waals surface area contributed by atoms with Gasteiger partial charge in [0.05, 0.1) is 4.90 Å². The summed E-state index contributed by atoms with van der Waals surface area (Å²) in [4.78, 5) is 0.388. The Bertz CT molecular complexity index is 532. The van der Waals surface area contributed by atoms with Crippen LogP contribution in [0.4, 0.5) is 0 Å². The highest BCUT2D eigenvalue weighted by Crippen LogP contribution is 2.28. The van der Waals surface area contributed by atoms with Gasteiger partial charge in [-0.25, -0.2) is 8.42 Å². The van der Waals surface area contributed by atoms with Crippen molar-refractivity contribution in [1.29, 1.82) is 0 Å². The molecule has 21 heavy (non-hydrogen) atoms. The summed E-state index contributed by atoms with van der Waals surface area (Å²) in [7, 11) is -3.43. The first-order chi connectivity index (χ1) is 9.75. The van der Waals surface area contributed by atoms with E-state index in [1.165, 1.54) is 0 Å².